The summed E-state index contributed by atoms with van der Waals surface area (Å²) in [5, 5.41) is 6.06. The van der Waals surface area contributed by atoms with E-state index in [4.69, 9.17) is 4.74 Å². The topological polar surface area (TPSA) is 50.4 Å². The molecule has 0 heterocycles. The Hall–Kier alpha value is -2.04. The van der Waals surface area contributed by atoms with Crippen molar-refractivity contribution in [3.05, 3.63) is 60.2 Å². The molecule has 0 aliphatic heterocycles. The molecule has 2 N–H and O–H groups in total. The molecule has 2 aromatic carbocycles. The Kier molecular flexibility index (Phi) is 8.90. The van der Waals surface area contributed by atoms with Crippen molar-refractivity contribution in [1.82, 2.24) is 10.6 Å². The van der Waals surface area contributed by atoms with E-state index < -0.39 is 0 Å². The number of benzene rings is 2. The van der Waals surface area contributed by atoms with Crippen LogP contribution in [0.2, 0.25) is 0 Å². The van der Waals surface area contributed by atoms with Crippen molar-refractivity contribution in [2.24, 2.45) is 0 Å². The first-order valence-electron chi connectivity index (χ1n) is 7.96. The predicted octanol–water partition coefficient (Wildman–Crippen LogP) is 4.08. The summed E-state index contributed by atoms with van der Waals surface area (Å²) in [6.45, 7) is 2.84. The van der Waals surface area contributed by atoms with E-state index in [0.29, 0.717) is 6.42 Å². The summed E-state index contributed by atoms with van der Waals surface area (Å²) in [5.74, 6) is 1.68. The maximum atomic E-state index is 11.8. The Morgan fingerprint density at radius 2 is 1.67 bits per heavy atom. The molecule has 24 heavy (non-hydrogen) atoms. The zero-order valence-electron chi connectivity index (χ0n) is 14.1. The average Bonchev–Trinajstić information content (AvgIpc) is 2.56. The molecule has 0 aliphatic rings. The summed E-state index contributed by atoms with van der Waals surface area (Å²) in [7, 11) is 1.89. The molecule has 0 fully saturated rings. The lowest BCUT2D eigenvalue weighted by Crippen LogP contribution is -2.27. The highest BCUT2D eigenvalue weighted by Crippen LogP contribution is 2.23. The molecule has 0 aliphatic carbocycles. The number of rotatable bonds is 8. The van der Waals surface area contributed by atoms with Crippen LogP contribution in [0.4, 0.5) is 0 Å². The number of hydrogen-bond acceptors (Lipinski definition) is 3. The Morgan fingerprint density at radius 3 is 2.29 bits per heavy atom. The molecule has 2 rings (SSSR count). The minimum Gasteiger partial charge on any atom is -0.457 e. The van der Waals surface area contributed by atoms with Crippen molar-refractivity contribution >= 4 is 18.3 Å². The Bertz CT molecular complexity index is 603. The van der Waals surface area contributed by atoms with Crippen LogP contribution < -0.4 is 15.4 Å². The number of para-hydroxylation sites is 1. The van der Waals surface area contributed by atoms with Gasteiger partial charge in [-0.3, -0.25) is 4.79 Å². The van der Waals surface area contributed by atoms with Gasteiger partial charge in [-0.1, -0.05) is 30.3 Å². The summed E-state index contributed by atoms with van der Waals surface area (Å²) >= 11 is 0. The number of ether oxygens (including phenoxy) is 1. The quantitative estimate of drug-likeness (QED) is 0.707. The van der Waals surface area contributed by atoms with Crippen molar-refractivity contribution < 1.29 is 9.53 Å². The first kappa shape index (κ1) is 20.0. The lowest BCUT2D eigenvalue weighted by Gasteiger charge is -2.15. The SMILES string of the molecule is CNCCCC(=O)NC(C)c1ccc(Oc2ccccc2)cc1.Cl. The number of halogens is 1. The fourth-order valence-electron chi connectivity index (χ4n) is 2.27. The summed E-state index contributed by atoms with van der Waals surface area (Å²) in [6.07, 6.45) is 1.39. The van der Waals surface area contributed by atoms with Crippen LogP contribution in [0, 0.1) is 0 Å². The van der Waals surface area contributed by atoms with Gasteiger partial charge in [0.2, 0.25) is 5.91 Å². The van der Waals surface area contributed by atoms with E-state index in [-0.39, 0.29) is 24.4 Å². The number of carbonyl (C=O) groups is 1. The van der Waals surface area contributed by atoms with E-state index >= 15 is 0 Å². The summed E-state index contributed by atoms with van der Waals surface area (Å²) < 4.78 is 5.77. The van der Waals surface area contributed by atoms with Gasteiger partial charge in [0.05, 0.1) is 6.04 Å². The molecule has 0 radical (unpaired) electrons. The lowest BCUT2D eigenvalue weighted by atomic mass is 10.1. The monoisotopic (exact) mass is 348 g/mol. The van der Waals surface area contributed by atoms with Gasteiger partial charge in [-0.15, -0.1) is 12.4 Å². The van der Waals surface area contributed by atoms with Gasteiger partial charge in [0, 0.05) is 6.42 Å². The van der Waals surface area contributed by atoms with Gasteiger partial charge < -0.3 is 15.4 Å². The van der Waals surface area contributed by atoms with Crippen LogP contribution in [0.3, 0.4) is 0 Å². The van der Waals surface area contributed by atoms with Crippen molar-refractivity contribution in [2.45, 2.75) is 25.8 Å². The Labute approximate surface area is 150 Å². The fourth-order valence-corrected chi connectivity index (χ4v) is 2.27. The van der Waals surface area contributed by atoms with Crippen molar-refractivity contribution in [3.8, 4) is 11.5 Å². The van der Waals surface area contributed by atoms with E-state index in [2.05, 4.69) is 10.6 Å². The zero-order valence-corrected chi connectivity index (χ0v) is 14.9. The van der Waals surface area contributed by atoms with Gasteiger partial charge in [-0.2, -0.15) is 0 Å². The van der Waals surface area contributed by atoms with Crippen LogP contribution in [0.5, 0.6) is 11.5 Å². The summed E-state index contributed by atoms with van der Waals surface area (Å²) in [4.78, 5) is 11.8. The fraction of sp³-hybridized carbons (Fsp3) is 0.316. The third-order valence-electron chi connectivity index (χ3n) is 3.57. The summed E-state index contributed by atoms with van der Waals surface area (Å²) in [5.41, 5.74) is 1.06. The van der Waals surface area contributed by atoms with Crippen LogP contribution in [0.1, 0.15) is 31.4 Å². The van der Waals surface area contributed by atoms with E-state index in [1.807, 2.05) is 68.6 Å². The normalized spacial score (nSPS) is 11.2. The molecule has 4 nitrogen and oxygen atoms in total. The number of amides is 1. The van der Waals surface area contributed by atoms with Gasteiger partial charge in [0.15, 0.2) is 0 Å². The van der Waals surface area contributed by atoms with Crippen LogP contribution in [0.15, 0.2) is 54.6 Å². The van der Waals surface area contributed by atoms with Crippen molar-refractivity contribution in [1.29, 1.82) is 0 Å². The molecular weight excluding hydrogens is 324 g/mol. The maximum Gasteiger partial charge on any atom is 0.220 e. The molecule has 0 saturated heterocycles. The minimum atomic E-state index is -0.0112. The summed E-state index contributed by atoms with van der Waals surface area (Å²) in [6, 6.07) is 17.5. The van der Waals surface area contributed by atoms with Gasteiger partial charge in [0.25, 0.3) is 0 Å². The van der Waals surface area contributed by atoms with Crippen LogP contribution in [-0.2, 0) is 4.79 Å². The van der Waals surface area contributed by atoms with E-state index in [9.17, 15) is 4.79 Å². The number of hydrogen-bond donors (Lipinski definition) is 2. The lowest BCUT2D eigenvalue weighted by molar-refractivity contribution is -0.121. The zero-order chi connectivity index (χ0) is 16.5. The first-order chi connectivity index (χ1) is 11.2. The highest BCUT2D eigenvalue weighted by molar-refractivity contribution is 5.85. The Morgan fingerprint density at radius 1 is 1.04 bits per heavy atom. The third-order valence-corrected chi connectivity index (χ3v) is 3.57. The van der Waals surface area contributed by atoms with Crippen molar-refractivity contribution in [2.75, 3.05) is 13.6 Å². The minimum absolute atomic E-state index is 0. The predicted molar refractivity (Wildman–Crippen MR) is 99.9 cm³/mol. The molecule has 1 amide bonds. The van der Waals surface area contributed by atoms with Gasteiger partial charge >= 0.3 is 0 Å². The molecule has 0 saturated carbocycles. The van der Waals surface area contributed by atoms with E-state index in [0.717, 1.165) is 30.0 Å². The van der Waals surface area contributed by atoms with E-state index in [1.165, 1.54) is 0 Å². The van der Waals surface area contributed by atoms with Crippen LogP contribution >= 0.6 is 12.4 Å². The highest BCUT2D eigenvalue weighted by Gasteiger charge is 2.09. The molecular formula is C19H25ClN2O2. The second-order valence-electron chi connectivity index (χ2n) is 5.48. The maximum absolute atomic E-state index is 11.8. The van der Waals surface area contributed by atoms with Gasteiger partial charge in [0.1, 0.15) is 11.5 Å². The average molecular weight is 349 g/mol. The molecule has 0 bridgehead atoms. The first-order valence-corrected chi connectivity index (χ1v) is 7.96. The molecule has 2 aromatic rings. The molecule has 0 aromatic heterocycles. The molecule has 0 spiro atoms. The second kappa shape index (κ2) is 10.7. The molecule has 1 atom stereocenters. The number of nitrogens with one attached hydrogen (secondary N) is 2. The standard InChI is InChI=1S/C19H24N2O2.ClH/c1-15(21-19(22)9-6-14-20-2)16-10-12-18(13-11-16)23-17-7-4-3-5-8-17;/h3-5,7-8,10-13,15,20H,6,9,14H2,1-2H3,(H,21,22);1H. The van der Waals surface area contributed by atoms with Gasteiger partial charge in [-0.05, 0) is 56.8 Å². The highest BCUT2D eigenvalue weighted by atomic mass is 35.5. The molecule has 130 valence electrons. The smallest absolute Gasteiger partial charge is 0.220 e. The largest absolute Gasteiger partial charge is 0.457 e. The molecule has 5 heteroatoms. The third kappa shape index (κ3) is 6.60. The van der Waals surface area contributed by atoms with Crippen molar-refractivity contribution in [3.63, 3.8) is 0 Å². The Balaban J connectivity index is 0.00000288. The van der Waals surface area contributed by atoms with Crippen LogP contribution in [-0.4, -0.2) is 19.5 Å². The van der Waals surface area contributed by atoms with E-state index in [1.54, 1.807) is 0 Å². The molecule has 1 unspecified atom stereocenters. The van der Waals surface area contributed by atoms with Crippen LogP contribution in [0.25, 0.3) is 0 Å². The number of carbonyl (C=O) groups excluding carboxylic acids is 1. The van der Waals surface area contributed by atoms with Gasteiger partial charge in [-0.25, -0.2) is 0 Å². The second-order valence-corrected chi connectivity index (χ2v) is 5.48.